The fourth-order valence-electron chi connectivity index (χ4n) is 6.77. The Bertz CT molecular complexity index is 2180. The van der Waals surface area contributed by atoms with Crippen LogP contribution >= 0.6 is 11.8 Å². The van der Waals surface area contributed by atoms with Crippen LogP contribution < -0.4 is 4.74 Å². The van der Waals surface area contributed by atoms with Gasteiger partial charge in [0, 0.05) is 45.8 Å². The first-order chi connectivity index (χ1) is 23.6. The molecular weight excluding hydrogens is 609 g/mol. The smallest absolute Gasteiger partial charge is 0.138 e. The van der Waals surface area contributed by atoms with Gasteiger partial charge in [0.15, 0.2) is 0 Å². The second-order valence-electron chi connectivity index (χ2n) is 12.5. The van der Waals surface area contributed by atoms with E-state index in [4.69, 9.17) is 14.8 Å². The van der Waals surface area contributed by atoms with Gasteiger partial charge in [-0.3, -0.25) is 4.57 Å². The van der Waals surface area contributed by atoms with Crippen molar-refractivity contribution in [2.45, 2.75) is 64.2 Å². The molecule has 3 aromatic heterocycles. The minimum Gasteiger partial charge on any atom is -0.457 e. The fraction of sp³-hybridized carbons (Fsp3) is 0.238. The zero-order valence-corrected chi connectivity index (χ0v) is 29.1. The molecule has 6 heteroatoms. The molecule has 0 bridgehead atoms. The van der Waals surface area contributed by atoms with Crippen molar-refractivity contribution in [2.24, 2.45) is 0 Å². The van der Waals surface area contributed by atoms with Crippen LogP contribution in [0.1, 0.15) is 56.2 Å². The number of unbranched alkanes of at least 4 members (excludes halogenated alkanes) is 2. The molecule has 0 aliphatic rings. The van der Waals surface area contributed by atoms with Crippen LogP contribution in [0.4, 0.5) is 0 Å². The van der Waals surface area contributed by atoms with Gasteiger partial charge in [-0.2, -0.15) is 5.10 Å². The average Bonchev–Trinajstić information content (AvgIpc) is 3.73. The molecule has 0 fully saturated rings. The first kappa shape index (κ1) is 31.8. The van der Waals surface area contributed by atoms with Gasteiger partial charge in [-0.15, -0.1) is 11.8 Å². The molecule has 3 heterocycles. The van der Waals surface area contributed by atoms with Crippen LogP contribution in [0.5, 0.6) is 11.5 Å². The van der Waals surface area contributed by atoms with Crippen molar-refractivity contribution in [2.75, 3.05) is 6.26 Å². The predicted octanol–water partition coefficient (Wildman–Crippen LogP) is 11.5. The summed E-state index contributed by atoms with van der Waals surface area (Å²) >= 11 is 1.72. The monoisotopic (exact) mass is 650 g/mol. The van der Waals surface area contributed by atoms with E-state index in [1.54, 1.807) is 11.8 Å². The molecule has 0 unspecified atom stereocenters. The maximum absolute atomic E-state index is 6.53. The molecule has 0 saturated heterocycles. The second-order valence-corrected chi connectivity index (χ2v) is 13.4. The van der Waals surface area contributed by atoms with Gasteiger partial charge in [0.25, 0.3) is 0 Å². The van der Waals surface area contributed by atoms with Crippen molar-refractivity contribution >= 4 is 33.6 Å². The highest BCUT2D eigenvalue weighted by Gasteiger charge is 2.16. The summed E-state index contributed by atoms with van der Waals surface area (Å²) in [6, 6.07) is 31.9. The van der Waals surface area contributed by atoms with E-state index >= 15 is 0 Å². The summed E-state index contributed by atoms with van der Waals surface area (Å²) in [6.07, 6.45) is 15.1. The first-order valence-electron chi connectivity index (χ1n) is 17.1. The van der Waals surface area contributed by atoms with Gasteiger partial charge in [-0.05, 0) is 98.0 Å². The molecule has 0 atom stereocenters. The van der Waals surface area contributed by atoms with Gasteiger partial charge in [0.05, 0.1) is 22.9 Å². The number of benzene rings is 4. The van der Waals surface area contributed by atoms with Gasteiger partial charge in [0.1, 0.15) is 17.3 Å². The Morgan fingerprint density at radius 2 is 1.50 bits per heavy atom. The maximum Gasteiger partial charge on any atom is 0.138 e. The van der Waals surface area contributed by atoms with E-state index in [2.05, 4.69) is 111 Å². The maximum atomic E-state index is 6.53. The first-order valence-corrected chi connectivity index (χ1v) is 18.3. The molecular formula is C42H42N4OS. The lowest BCUT2D eigenvalue weighted by atomic mass is 9.89. The van der Waals surface area contributed by atoms with Gasteiger partial charge in [-0.1, -0.05) is 68.7 Å². The van der Waals surface area contributed by atoms with Gasteiger partial charge in [0.2, 0.25) is 0 Å². The lowest BCUT2D eigenvalue weighted by Gasteiger charge is -2.15. The third-order valence-corrected chi connectivity index (χ3v) is 9.79. The molecule has 0 aliphatic heterocycles. The van der Waals surface area contributed by atoms with E-state index in [1.165, 1.54) is 69.2 Å². The normalized spacial score (nSPS) is 11.5. The Kier molecular flexibility index (Phi) is 9.35. The van der Waals surface area contributed by atoms with Crippen molar-refractivity contribution in [3.8, 4) is 34.1 Å². The average molecular weight is 651 g/mol. The van der Waals surface area contributed by atoms with Crippen LogP contribution in [-0.2, 0) is 12.8 Å². The highest BCUT2D eigenvalue weighted by atomic mass is 32.2. The third kappa shape index (κ3) is 6.37. The summed E-state index contributed by atoms with van der Waals surface area (Å²) in [7, 11) is 0. The van der Waals surface area contributed by atoms with E-state index in [-0.39, 0.29) is 0 Å². The number of ether oxygens (including phenoxy) is 1. The molecule has 7 aromatic rings. The van der Waals surface area contributed by atoms with Crippen molar-refractivity contribution in [1.29, 1.82) is 0 Å². The molecule has 48 heavy (non-hydrogen) atoms. The van der Waals surface area contributed by atoms with Crippen LogP contribution in [-0.4, -0.2) is 25.6 Å². The topological polar surface area (TPSA) is 44.9 Å². The van der Waals surface area contributed by atoms with Crippen molar-refractivity contribution in [3.05, 3.63) is 126 Å². The molecule has 4 aromatic carbocycles. The number of hydrogen-bond acceptors (Lipinski definition) is 4. The van der Waals surface area contributed by atoms with Crippen molar-refractivity contribution in [3.63, 3.8) is 0 Å². The van der Waals surface area contributed by atoms with Gasteiger partial charge < -0.3 is 4.74 Å². The van der Waals surface area contributed by atoms with E-state index in [0.717, 1.165) is 46.9 Å². The molecule has 0 spiro atoms. The molecule has 5 nitrogen and oxygen atoms in total. The minimum atomic E-state index is 0.761. The number of para-hydroxylation sites is 1. The summed E-state index contributed by atoms with van der Waals surface area (Å²) in [5.41, 5.74) is 9.89. The summed E-state index contributed by atoms with van der Waals surface area (Å²) in [4.78, 5) is 5.93. The Hall–Kier alpha value is -4.81. The van der Waals surface area contributed by atoms with Crippen LogP contribution in [0.25, 0.3) is 44.4 Å². The lowest BCUT2D eigenvalue weighted by Crippen LogP contribution is -1.99. The number of aromatic nitrogens is 4. The second kappa shape index (κ2) is 14.1. The number of nitrogens with zero attached hydrogens (tertiary/aromatic N) is 4. The minimum absolute atomic E-state index is 0.761. The molecule has 242 valence electrons. The van der Waals surface area contributed by atoms with Crippen LogP contribution in [0.2, 0.25) is 0 Å². The largest absolute Gasteiger partial charge is 0.457 e. The van der Waals surface area contributed by atoms with E-state index in [0.29, 0.717) is 0 Å². The Balaban J connectivity index is 1.22. The van der Waals surface area contributed by atoms with E-state index < -0.39 is 0 Å². The number of rotatable bonds is 12. The van der Waals surface area contributed by atoms with Crippen LogP contribution in [0, 0.1) is 6.92 Å². The number of thioether (sulfide) groups is 1. The summed E-state index contributed by atoms with van der Waals surface area (Å²) in [5, 5.41) is 7.21. The fourth-order valence-corrected chi connectivity index (χ4v) is 7.19. The van der Waals surface area contributed by atoms with Gasteiger partial charge >= 0.3 is 0 Å². The SMILES string of the molecule is CCCCc1cc(C)cc(CCCC)c1-c1cnn(-c2cccc(Oc3ccc4c5ccccc5n(-c5cc(SC)ccn5)c4c3)c2)c1. The molecule has 0 amide bonds. The Morgan fingerprint density at radius 3 is 2.27 bits per heavy atom. The van der Waals surface area contributed by atoms with Crippen LogP contribution in [0.3, 0.4) is 0 Å². The van der Waals surface area contributed by atoms with Crippen molar-refractivity contribution < 1.29 is 4.74 Å². The van der Waals surface area contributed by atoms with Gasteiger partial charge in [-0.25, -0.2) is 9.67 Å². The Labute approximate surface area is 287 Å². The number of aryl methyl sites for hydroxylation is 3. The molecule has 0 radical (unpaired) electrons. The van der Waals surface area contributed by atoms with Crippen molar-refractivity contribution in [1.82, 2.24) is 19.3 Å². The summed E-state index contributed by atoms with van der Waals surface area (Å²) in [5.74, 6) is 2.43. The molecule has 0 N–H and O–H groups in total. The number of pyridine rings is 1. The Morgan fingerprint density at radius 1 is 0.750 bits per heavy atom. The molecule has 0 aliphatic carbocycles. The standard InChI is InChI=1S/C42H42N4OS/c1-5-7-12-30-22-29(3)23-31(13-8-6-2)42(30)32-27-44-45(28-32)33-14-11-15-34(24-33)47-35-18-19-38-37-16-9-10-17-39(37)46(40(38)25-35)41-26-36(48-4)20-21-43-41/h9-11,14-28H,5-8,12-13H2,1-4H3. The zero-order chi connectivity index (χ0) is 33.0. The zero-order valence-electron chi connectivity index (χ0n) is 28.2. The number of hydrogen-bond donors (Lipinski definition) is 0. The summed E-state index contributed by atoms with van der Waals surface area (Å²) < 4.78 is 10.7. The third-order valence-electron chi connectivity index (χ3n) is 9.06. The molecule has 7 rings (SSSR count). The van der Waals surface area contributed by atoms with E-state index in [9.17, 15) is 0 Å². The van der Waals surface area contributed by atoms with Crippen LogP contribution in [0.15, 0.2) is 114 Å². The highest BCUT2D eigenvalue weighted by Crippen LogP contribution is 2.36. The van der Waals surface area contributed by atoms with E-state index in [1.807, 2.05) is 35.3 Å². The lowest BCUT2D eigenvalue weighted by molar-refractivity contribution is 0.483. The highest BCUT2D eigenvalue weighted by molar-refractivity contribution is 7.98. The summed E-state index contributed by atoms with van der Waals surface area (Å²) in [6.45, 7) is 6.75. The predicted molar refractivity (Wildman–Crippen MR) is 201 cm³/mol. The quantitative estimate of drug-likeness (QED) is 0.123. The number of fused-ring (bicyclic) bond motifs is 3. The molecule has 0 saturated carbocycles.